The number of aromatic nitrogens is 2. The second kappa shape index (κ2) is 5.62. The van der Waals surface area contributed by atoms with Crippen LogP contribution in [0.4, 0.5) is 0 Å². The highest BCUT2D eigenvalue weighted by Gasteiger charge is 2.10. The molecule has 0 bridgehead atoms. The fraction of sp³-hybridized carbons (Fsp3) is 0.308. The molecule has 0 aliphatic carbocycles. The lowest BCUT2D eigenvalue weighted by atomic mass is 10.1. The molecule has 2 rings (SSSR count). The Balaban J connectivity index is 2.11. The molecule has 100 valence electrons. The van der Waals surface area contributed by atoms with Crippen LogP contribution in [-0.4, -0.2) is 27.4 Å². The molecule has 6 nitrogen and oxygen atoms in total. The van der Waals surface area contributed by atoms with Crippen LogP contribution in [0.5, 0.6) is 0 Å². The van der Waals surface area contributed by atoms with E-state index >= 15 is 0 Å². The Morgan fingerprint density at radius 2 is 2.00 bits per heavy atom. The predicted molar refractivity (Wildman–Crippen MR) is 66.6 cm³/mol. The molecular formula is C13H14N2O4. The van der Waals surface area contributed by atoms with E-state index in [9.17, 15) is 4.79 Å². The van der Waals surface area contributed by atoms with Crippen LogP contribution >= 0.6 is 0 Å². The third-order valence-corrected chi connectivity index (χ3v) is 2.39. The number of ether oxygens (including phenoxy) is 1. The average molecular weight is 262 g/mol. The molecule has 0 fully saturated rings. The first kappa shape index (κ1) is 13.2. The minimum Gasteiger partial charge on any atom is -0.478 e. The molecule has 1 aromatic heterocycles. The van der Waals surface area contributed by atoms with Crippen molar-refractivity contribution in [2.75, 3.05) is 0 Å². The van der Waals surface area contributed by atoms with Gasteiger partial charge in [0.1, 0.15) is 6.61 Å². The normalized spacial score (nSPS) is 10.9. The minimum atomic E-state index is -0.969. The molecule has 6 heteroatoms. The largest absolute Gasteiger partial charge is 0.478 e. The summed E-state index contributed by atoms with van der Waals surface area (Å²) in [7, 11) is 0. The zero-order chi connectivity index (χ0) is 13.8. The van der Waals surface area contributed by atoms with Crippen LogP contribution in [0.1, 0.15) is 30.1 Å². The number of carbonyl (C=O) groups is 1. The van der Waals surface area contributed by atoms with E-state index in [-0.39, 0.29) is 18.3 Å². The summed E-state index contributed by atoms with van der Waals surface area (Å²) in [5, 5.41) is 16.6. The molecule has 1 heterocycles. The number of rotatable bonds is 5. The molecule has 2 aromatic rings. The van der Waals surface area contributed by atoms with E-state index < -0.39 is 5.97 Å². The fourth-order valence-corrected chi connectivity index (χ4v) is 1.42. The van der Waals surface area contributed by atoms with Gasteiger partial charge in [0.2, 0.25) is 11.8 Å². The maximum atomic E-state index is 10.7. The van der Waals surface area contributed by atoms with Crippen LogP contribution < -0.4 is 0 Å². The van der Waals surface area contributed by atoms with Crippen LogP contribution in [0.3, 0.4) is 0 Å². The minimum absolute atomic E-state index is 0.0881. The number of hydrogen-bond donors (Lipinski definition) is 1. The Kier molecular flexibility index (Phi) is 3.91. The predicted octanol–water partition coefficient (Wildman–Crippen LogP) is 2.36. The quantitative estimate of drug-likeness (QED) is 0.890. The molecule has 1 aromatic carbocycles. The molecule has 0 aliphatic heterocycles. The van der Waals surface area contributed by atoms with Crippen molar-refractivity contribution in [3.8, 4) is 11.5 Å². The van der Waals surface area contributed by atoms with Gasteiger partial charge in [-0.3, -0.25) is 0 Å². The number of hydrogen-bond acceptors (Lipinski definition) is 5. The summed E-state index contributed by atoms with van der Waals surface area (Å²) in [4.78, 5) is 10.7. The molecule has 19 heavy (non-hydrogen) atoms. The van der Waals surface area contributed by atoms with E-state index in [4.69, 9.17) is 14.3 Å². The molecule has 0 saturated carbocycles. The summed E-state index contributed by atoms with van der Waals surface area (Å²) < 4.78 is 10.8. The Hall–Kier alpha value is -2.21. The summed E-state index contributed by atoms with van der Waals surface area (Å²) in [5.74, 6) is -0.228. The first-order valence-corrected chi connectivity index (χ1v) is 5.84. The smallest absolute Gasteiger partial charge is 0.335 e. The highest BCUT2D eigenvalue weighted by molar-refractivity contribution is 5.88. The van der Waals surface area contributed by atoms with E-state index in [1.165, 1.54) is 12.1 Å². The van der Waals surface area contributed by atoms with E-state index in [1.807, 2.05) is 13.8 Å². The molecule has 0 amide bonds. The third kappa shape index (κ3) is 3.38. The maximum Gasteiger partial charge on any atom is 0.335 e. The second-order valence-electron chi connectivity index (χ2n) is 4.24. The topological polar surface area (TPSA) is 85.5 Å². The monoisotopic (exact) mass is 262 g/mol. The lowest BCUT2D eigenvalue weighted by molar-refractivity contribution is 0.0519. The third-order valence-electron chi connectivity index (χ3n) is 2.39. The van der Waals surface area contributed by atoms with Crippen molar-refractivity contribution in [3.05, 3.63) is 35.7 Å². The van der Waals surface area contributed by atoms with Crippen molar-refractivity contribution >= 4 is 5.97 Å². The van der Waals surface area contributed by atoms with E-state index in [2.05, 4.69) is 10.2 Å². The highest BCUT2D eigenvalue weighted by atomic mass is 16.5. The van der Waals surface area contributed by atoms with Crippen LogP contribution in [0.25, 0.3) is 11.5 Å². The van der Waals surface area contributed by atoms with E-state index in [0.717, 1.165) is 0 Å². The lowest BCUT2D eigenvalue weighted by Gasteiger charge is -2.02. The number of aromatic carboxylic acids is 1. The van der Waals surface area contributed by atoms with Gasteiger partial charge in [0.25, 0.3) is 0 Å². The molecular weight excluding hydrogens is 248 g/mol. The molecule has 0 saturated heterocycles. The van der Waals surface area contributed by atoms with Crippen molar-refractivity contribution in [1.29, 1.82) is 0 Å². The van der Waals surface area contributed by atoms with Gasteiger partial charge in [0.15, 0.2) is 0 Å². The van der Waals surface area contributed by atoms with E-state index in [0.29, 0.717) is 17.3 Å². The summed E-state index contributed by atoms with van der Waals surface area (Å²) >= 11 is 0. The molecule has 0 radical (unpaired) electrons. The van der Waals surface area contributed by atoms with Crippen LogP contribution in [0, 0.1) is 0 Å². The first-order chi connectivity index (χ1) is 9.06. The molecule has 0 unspecified atom stereocenters. The molecule has 0 spiro atoms. The summed E-state index contributed by atoms with van der Waals surface area (Å²) in [6, 6.07) is 6.24. The van der Waals surface area contributed by atoms with Gasteiger partial charge in [-0.15, -0.1) is 10.2 Å². The molecule has 0 atom stereocenters. The number of benzene rings is 1. The lowest BCUT2D eigenvalue weighted by Crippen LogP contribution is -2.02. The Morgan fingerprint density at radius 3 is 2.58 bits per heavy atom. The van der Waals surface area contributed by atoms with Gasteiger partial charge in [-0.1, -0.05) is 0 Å². The van der Waals surface area contributed by atoms with Crippen molar-refractivity contribution in [1.82, 2.24) is 10.2 Å². The second-order valence-corrected chi connectivity index (χ2v) is 4.24. The number of nitrogens with zero attached hydrogens (tertiary/aromatic N) is 2. The maximum absolute atomic E-state index is 10.7. The van der Waals surface area contributed by atoms with Gasteiger partial charge in [0.05, 0.1) is 11.7 Å². The van der Waals surface area contributed by atoms with Crippen molar-refractivity contribution < 1.29 is 19.1 Å². The van der Waals surface area contributed by atoms with Crippen LogP contribution in [0.2, 0.25) is 0 Å². The van der Waals surface area contributed by atoms with Crippen LogP contribution in [-0.2, 0) is 11.3 Å². The van der Waals surface area contributed by atoms with E-state index in [1.54, 1.807) is 12.1 Å². The standard InChI is InChI=1S/C13H14N2O4/c1-8(2)18-7-11-14-15-12(19-11)9-3-5-10(6-4-9)13(16)17/h3-6,8H,7H2,1-2H3,(H,16,17). The van der Waals surface area contributed by atoms with Gasteiger partial charge in [0, 0.05) is 5.56 Å². The van der Waals surface area contributed by atoms with Gasteiger partial charge >= 0.3 is 5.97 Å². The summed E-state index contributed by atoms with van der Waals surface area (Å²) in [6.45, 7) is 4.10. The van der Waals surface area contributed by atoms with Gasteiger partial charge in [-0.05, 0) is 38.1 Å². The molecule has 1 N–H and O–H groups in total. The number of carboxylic acids is 1. The van der Waals surface area contributed by atoms with Crippen molar-refractivity contribution in [2.24, 2.45) is 0 Å². The molecule has 0 aliphatic rings. The zero-order valence-corrected chi connectivity index (χ0v) is 10.7. The van der Waals surface area contributed by atoms with Crippen molar-refractivity contribution in [3.63, 3.8) is 0 Å². The van der Waals surface area contributed by atoms with Gasteiger partial charge < -0.3 is 14.3 Å². The van der Waals surface area contributed by atoms with Gasteiger partial charge in [-0.25, -0.2) is 4.79 Å². The summed E-state index contributed by atoms with van der Waals surface area (Å²) in [6.07, 6.45) is 0.0881. The van der Waals surface area contributed by atoms with Gasteiger partial charge in [-0.2, -0.15) is 0 Å². The highest BCUT2D eigenvalue weighted by Crippen LogP contribution is 2.18. The fourth-order valence-electron chi connectivity index (χ4n) is 1.42. The Labute approximate surface area is 110 Å². The van der Waals surface area contributed by atoms with Crippen LogP contribution in [0.15, 0.2) is 28.7 Å². The number of carboxylic acid groups (broad SMARTS) is 1. The zero-order valence-electron chi connectivity index (χ0n) is 10.7. The first-order valence-electron chi connectivity index (χ1n) is 5.84. The van der Waals surface area contributed by atoms with Crippen molar-refractivity contribution in [2.45, 2.75) is 26.6 Å². The SMILES string of the molecule is CC(C)OCc1nnc(-c2ccc(C(=O)O)cc2)o1. The Morgan fingerprint density at radius 1 is 1.32 bits per heavy atom. The summed E-state index contributed by atoms with van der Waals surface area (Å²) in [5.41, 5.74) is 0.889. The average Bonchev–Trinajstić information content (AvgIpc) is 2.85. The Bertz CT molecular complexity index is 560.